The molecular weight excluding hydrogens is 615 g/mol. The van der Waals surface area contributed by atoms with Crippen LogP contribution in [0.25, 0.3) is 0 Å². The summed E-state index contributed by atoms with van der Waals surface area (Å²) >= 11 is 12.0. The molecule has 0 aliphatic carbocycles. The van der Waals surface area contributed by atoms with Gasteiger partial charge in [-0.25, -0.2) is 14.4 Å². The Kier molecular flexibility index (Phi) is 13.3. The zero-order valence-corrected chi connectivity index (χ0v) is 25.3. The lowest BCUT2D eigenvalue weighted by Gasteiger charge is -2.32. The highest BCUT2D eigenvalue weighted by Crippen LogP contribution is 2.24. The van der Waals surface area contributed by atoms with Gasteiger partial charge < -0.3 is 29.7 Å². The van der Waals surface area contributed by atoms with Crippen molar-refractivity contribution in [3.05, 3.63) is 93.5 Å². The van der Waals surface area contributed by atoms with Gasteiger partial charge in [0, 0.05) is 25.7 Å². The number of ether oxygens (including phenoxy) is 3. The molecule has 1 amide bonds. The Morgan fingerprint density at radius 2 is 1.39 bits per heavy atom. The van der Waals surface area contributed by atoms with Crippen molar-refractivity contribution in [2.24, 2.45) is 0 Å². The van der Waals surface area contributed by atoms with Crippen molar-refractivity contribution in [3.8, 4) is 11.5 Å². The summed E-state index contributed by atoms with van der Waals surface area (Å²) < 4.78 is 14.8. The number of benzene rings is 3. The number of likely N-dealkylation sites (tertiary alicyclic amines) is 1. The Morgan fingerprint density at radius 3 is 1.91 bits per heavy atom. The van der Waals surface area contributed by atoms with Crippen LogP contribution in [0, 0.1) is 0 Å². The van der Waals surface area contributed by atoms with Crippen LogP contribution in [-0.2, 0) is 20.9 Å². The van der Waals surface area contributed by atoms with Gasteiger partial charge in [-0.2, -0.15) is 0 Å². The SMILES string of the molecule is COC(=O)c1ccc(OCC(=O)O)cc1.O=C(COc1ccc(C(=O)O)cc1)NC1CCN(Cc2ccc(Cl)c(Cl)c2)CC1. The Balaban J connectivity index is 0.000000297. The van der Waals surface area contributed by atoms with Gasteiger partial charge in [-0.1, -0.05) is 29.3 Å². The third-order valence-electron chi connectivity index (χ3n) is 6.45. The number of carboxylic acid groups (broad SMARTS) is 2. The zero-order valence-electron chi connectivity index (χ0n) is 23.8. The number of aromatic carboxylic acids is 1. The molecule has 4 rings (SSSR count). The topological polar surface area (TPSA) is 152 Å². The molecule has 0 atom stereocenters. The highest BCUT2D eigenvalue weighted by Gasteiger charge is 2.21. The molecule has 13 heteroatoms. The van der Waals surface area contributed by atoms with Crippen molar-refractivity contribution in [1.29, 1.82) is 0 Å². The molecule has 3 aromatic carbocycles. The summed E-state index contributed by atoms with van der Waals surface area (Å²) in [5.74, 6) is -1.83. The van der Waals surface area contributed by atoms with E-state index < -0.39 is 24.5 Å². The number of carbonyl (C=O) groups excluding carboxylic acids is 2. The monoisotopic (exact) mass is 646 g/mol. The Hall–Kier alpha value is -4.32. The van der Waals surface area contributed by atoms with Crippen LogP contribution >= 0.6 is 23.2 Å². The molecular formula is C31H32Cl2N2O9. The van der Waals surface area contributed by atoms with Gasteiger partial charge in [0.2, 0.25) is 0 Å². The lowest BCUT2D eigenvalue weighted by Crippen LogP contribution is -2.45. The third kappa shape index (κ3) is 11.4. The average Bonchev–Trinajstić information content (AvgIpc) is 3.02. The summed E-state index contributed by atoms with van der Waals surface area (Å²) in [4.78, 5) is 46.5. The molecule has 3 N–H and O–H groups in total. The maximum Gasteiger partial charge on any atom is 0.341 e. The quantitative estimate of drug-likeness (QED) is 0.248. The van der Waals surface area contributed by atoms with E-state index in [1.165, 1.54) is 55.6 Å². The van der Waals surface area contributed by atoms with Crippen molar-refractivity contribution in [2.45, 2.75) is 25.4 Å². The molecule has 0 saturated carbocycles. The van der Waals surface area contributed by atoms with Crippen LogP contribution in [-0.4, -0.2) is 78.4 Å². The molecule has 0 bridgehead atoms. The van der Waals surface area contributed by atoms with E-state index in [0.29, 0.717) is 27.1 Å². The molecule has 3 aromatic rings. The van der Waals surface area contributed by atoms with Gasteiger partial charge in [0.25, 0.3) is 5.91 Å². The summed E-state index contributed by atoms with van der Waals surface area (Å²) in [6.07, 6.45) is 1.72. The highest BCUT2D eigenvalue weighted by molar-refractivity contribution is 6.42. The van der Waals surface area contributed by atoms with Crippen molar-refractivity contribution in [1.82, 2.24) is 10.2 Å². The van der Waals surface area contributed by atoms with E-state index >= 15 is 0 Å². The second-order valence-corrected chi connectivity index (χ2v) is 10.5. The molecule has 1 saturated heterocycles. The largest absolute Gasteiger partial charge is 0.484 e. The number of amides is 1. The van der Waals surface area contributed by atoms with E-state index in [-0.39, 0.29) is 24.1 Å². The van der Waals surface area contributed by atoms with Gasteiger partial charge in [0.05, 0.1) is 28.3 Å². The first-order valence-electron chi connectivity index (χ1n) is 13.5. The fraction of sp³-hybridized carbons (Fsp3) is 0.290. The van der Waals surface area contributed by atoms with Crippen molar-refractivity contribution in [2.75, 3.05) is 33.4 Å². The van der Waals surface area contributed by atoms with Crippen LogP contribution in [0.4, 0.5) is 0 Å². The predicted octanol–water partition coefficient (Wildman–Crippen LogP) is 4.79. The number of aliphatic carboxylic acids is 1. The van der Waals surface area contributed by atoms with Crippen LogP contribution in [0.1, 0.15) is 39.1 Å². The second kappa shape index (κ2) is 17.1. The van der Waals surface area contributed by atoms with Gasteiger partial charge in [0.15, 0.2) is 13.2 Å². The van der Waals surface area contributed by atoms with Crippen LogP contribution in [0.5, 0.6) is 11.5 Å². The number of methoxy groups -OCH3 is 1. The number of nitrogens with zero attached hydrogens (tertiary/aromatic N) is 1. The number of piperidine rings is 1. The average molecular weight is 648 g/mol. The van der Waals surface area contributed by atoms with Gasteiger partial charge >= 0.3 is 17.9 Å². The minimum Gasteiger partial charge on any atom is -0.484 e. The minimum atomic E-state index is -1.05. The molecule has 0 unspecified atom stereocenters. The van der Waals surface area contributed by atoms with Gasteiger partial charge in [0.1, 0.15) is 11.5 Å². The van der Waals surface area contributed by atoms with Gasteiger partial charge in [-0.05, 0) is 79.1 Å². The van der Waals surface area contributed by atoms with Crippen molar-refractivity contribution in [3.63, 3.8) is 0 Å². The molecule has 44 heavy (non-hydrogen) atoms. The maximum absolute atomic E-state index is 12.1. The second-order valence-electron chi connectivity index (χ2n) is 9.68. The number of nitrogens with one attached hydrogen (secondary N) is 1. The normalized spacial score (nSPS) is 13.2. The van der Waals surface area contributed by atoms with Crippen LogP contribution in [0.2, 0.25) is 10.0 Å². The van der Waals surface area contributed by atoms with E-state index in [0.717, 1.165) is 38.0 Å². The van der Waals surface area contributed by atoms with E-state index in [2.05, 4.69) is 15.0 Å². The lowest BCUT2D eigenvalue weighted by atomic mass is 10.0. The summed E-state index contributed by atoms with van der Waals surface area (Å²) in [7, 11) is 1.29. The van der Waals surface area contributed by atoms with Crippen molar-refractivity contribution < 1.29 is 43.6 Å². The number of hydrogen-bond donors (Lipinski definition) is 3. The Bertz CT molecular complexity index is 1430. The van der Waals surface area contributed by atoms with E-state index in [1.54, 1.807) is 6.07 Å². The molecule has 0 radical (unpaired) electrons. The smallest absolute Gasteiger partial charge is 0.341 e. The Labute approximate surface area is 264 Å². The van der Waals surface area contributed by atoms with Gasteiger partial charge in [-0.3, -0.25) is 9.69 Å². The molecule has 1 aliphatic rings. The molecule has 1 fully saturated rings. The fourth-order valence-corrected chi connectivity index (χ4v) is 4.51. The Morgan fingerprint density at radius 1 is 0.818 bits per heavy atom. The van der Waals surface area contributed by atoms with Crippen LogP contribution in [0.3, 0.4) is 0 Å². The summed E-state index contributed by atoms with van der Waals surface area (Å²) in [6.45, 7) is 2.05. The summed E-state index contributed by atoms with van der Waals surface area (Å²) in [5, 5.41) is 21.3. The van der Waals surface area contributed by atoms with E-state index in [9.17, 15) is 19.2 Å². The van der Waals surface area contributed by atoms with E-state index in [4.69, 9.17) is 42.9 Å². The first-order chi connectivity index (χ1) is 21.0. The van der Waals surface area contributed by atoms with Crippen LogP contribution in [0.15, 0.2) is 66.7 Å². The van der Waals surface area contributed by atoms with Gasteiger partial charge in [-0.15, -0.1) is 0 Å². The van der Waals surface area contributed by atoms with Crippen molar-refractivity contribution >= 4 is 47.0 Å². The summed E-state index contributed by atoms with van der Waals surface area (Å²) in [6, 6.07) is 17.8. The minimum absolute atomic E-state index is 0.101. The molecule has 1 heterocycles. The predicted molar refractivity (Wildman–Crippen MR) is 163 cm³/mol. The first kappa shape index (κ1) is 34.2. The number of hydrogen-bond acceptors (Lipinski definition) is 8. The number of rotatable bonds is 11. The number of carboxylic acids is 2. The number of esters is 1. The molecule has 11 nitrogen and oxygen atoms in total. The molecule has 234 valence electrons. The molecule has 0 aromatic heterocycles. The number of carbonyl (C=O) groups is 4. The molecule has 0 spiro atoms. The summed E-state index contributed by atoms with van der Waals surface area (Å²) in [5.41, 5.74) is 1.68. The molecule has 1 aliphatic heterocycles. The third-order valence-corrected chi connectivity index (χ3v) is 7.19. The zero-order chi connectivity index (χ0) is 32.1. The standard InChI is InChI=1S/C21H22Cl2N2O4.C10H10O5/c22-18-6-1-14(11-19(18)23)12-25-9-7-16(8-10-25)24-20(26)13-29-17-4-2-15(3-5-17)21(27)28;1-14-10(13)7-2-4-8(5-3-7)15-6-9(11)12/h1-6,11,16H,7-10,12-13H2,(H,24,26)(H,27,28);2-5H,6H2,1H3,(H,11,12). The number of halogens is 2. The lowest BCUT2D eigenvalue weighted by molar-refractivity contribution is -0.139. The fourth-order valence-electron chi connectivity index (χ4n) is 4.19. The first-order valence-corrected chi connectivity index (χ1v) is 14.2. The maximum atomic E-state index is 12.1. The highest BCUT2D eigenvalue weighted by atomic mass is 35.5. The van der Waals surface area contributed by atoms with E-state index in [1.807, 2.05) is 12.1 Å². The van der Waals surface area contributed by atoms with Crippen LogP contribution < -0.4 is 14.8 Å².